The number of hydrogen-bond acceptors (Lipinski definition) is 5. The fourth-order valence-corrected chi connectivity index (χ4v) is 1.80. The van der Waals surface area contributed by atoms with Gasteiger partial charge in [-0.1, -0.05) is 11.3 Å². The Morgan fingerprint density at radius 3 is 2.75 bits per heavy atom. The van der Waals surface area contributed by atoms with Crippen molar-refractivity contribution >= 4 is 22.4 Å². The number of rotatable bonds is 3. The van der Waals surface area contributed by atoms with E-state index in [4.69, 9.17) is 0 Å². The van der Waals surface area contributed by atoms with E-state index in [0.29, 0.717) is 11.6 Å². The van der Waals surface area contributed by atoms with Crippen LogP contribution in [0.2, 0.25) is 0 Å². The van der Waals surface area contributed by atoms with Crippen LogP contribution in [-0.2, 0) is 11.2 Å². The second kappa shape index (κ2) is 4.80. The second-order valence-electron chi connectivity index (χ2n) is 3.21. The molecule has 82 valence electrons. The quantitative estimate of drug-likeness (QED) is 0.872. The summed E-state index contributed by atoms with van der Waals surface area (Å²) in [6.45, 7) is 1.84. The number of pyridine rings is 1. The van der Waals surface area contributed by atoms with Gasteiger partial charge in [0, 0.05) is 12.4 Å². The molecule has 16 heavy (non-hydrogen) atoms. The van der Waals surface area contributed by atoms with Crippen molar-refractivity contribution < 1.29 is 4.79 Å². The van der Waals surface area contributed by atoms with Gasteiger partial charge >= 0.3 is 0 Å². The summed E-state index contributed by atoms with van der Waals surface area (Å²) in [4.78, 5) is 15.5. The molecule has 0 saturated heterocycles. The molecular formula is C10H10N4OS. The molecule has 0 fully saturated rings. The number of carbonyl (C=O) groups is 1. The number of aromatic nitrogens is 3. The maximum Gasteiger partial charge on any atom is 0.230 e. The SMILES string of the molecule is Cc1nnc(NC(=O)Cc2ccncc2)s1. The summed E-state index contributed by atoms with van der Waals surface area (Å²) in [5.41, 5.74) is 0.925. The third-order valence-electron chi connectivity index (χ3n) is 1.89. The van der Waals surface area contributed by atoms with Gasteiger partial charge in [-0.2, -0.15) is 0 Å². The summed E-state index contributed by atoms with van der Waals surface area (Å²) in [6, 6.07) is 3.62. The van der Waals surface area contributed by atoms with E-state index in [0.717, 1.165) is 10.6 Å². The van der Waals surface area contributed by atoms with Crippen molar-refractivity contribution in [2.75, 3.05) is 5.32 Å². The fraction of sp³-hybridized carbons (Fsp3) is 0.200. The number of nitrogens with one attached hydrogen (secondary N) is 1. The lowest BCUT2D eigenvalue weighted by Gasteiger charge is -2.00. The first-order valence-corrected chi connectivity index (χ1v) is 5.54. The first kappa shape index (κ1) is 10.7. The van der Waals surface area contributed by atoms with Crippen LogP contribution in [-0.4, -0.2) is 21.1 Å². The predicted octanol–water partition coefficient (Wildman–Crippen LogP) is 1.42. The average molecular weight is 234 g/mol. The Hall–Kier alpha value is -1.82. The zero-order valence-corrected chi connectivity index (χ0v) is 9.49. The second-order valence-corrected chi connectivity index (χ2v) is 4.39. The van der Waals surface area contributed by atoms with Crippen LogP contribution in [0.4, 0.5) is 5.13 Å². The maximum absolute atomic E-state index is 11.6. The third kappa shape index (κ3) is 2.83. The zero-order chi connectivity index (χ0) is 11.4. The van der Waals surface area contributed by atoms with E-state index in [9.17, 15) is 4.79 Å². The van der Waals surface area contributed by atoms with Gasteiger partial charge in [-0.15, -0.1) is 10.2 Å². The minimum Gasteiger partial charge on any atom is -0.300 e. The van der Waals surface area contributed by atoms with E-state index in [2.05, 4.69) is 20.5 Å². The molecule has 0 bridgehead atoms. The van der Waals surface area contributed by atoms with E-state index < -0.39 is 0 Å². The van der Waals surface area contributed by atoms with Gasteiger partial charge in [-0.25, -0.2) is 0 Å². The van der Waals surface area contributed by atoms with Gasteiger partial charge in [0.1, 0.15) is 5.01 Å². The van der Waals surface area contributed by atoms with Gasteiger partial charge in [0.2, 0.25) is 11.0 Å². The number of carbonyl (C=O) groups excluding carboxylic acids is 1. The van der Waals surface area contributed by atoms with Gasteiger partial charge in [0.15, 0.2) is 0 Å². The Kier molecular flexibility index (Phi) is 3.21. The highest BCUT2D eigenvalue weighted by Crippen LogP contribution is 2.13. The molecule has 0 aliphatic heterocycles. The third-order valence-corrected chi connectivity index (χ3v) is 2.64. The Bertz CT molecular complexity index is 483. The smallest absolute Gasteiger partial charge is 0.230 e. The molecule has 0 aromatic carbocycles. The summed E-state index contributed by atoms with van der Waals surface area (Å²) in [7, 11) is 0. The van der Waals surface area contributed by atoms with Crippen LogP contribution < -0.4 is 5.32 Å². The Labute approximate surface area is 96.6 Å². The Balaban J connectivity index is 1.95. The number of aryl methyl sites for hydroxylation is 1. The summed E-state index contributed by atoms with van der Waals surface area (Å²) in [6.07, 6.45) is 3.65. The van der Waals surface area contributed by atoms with Gasteiger partial charge < -0.3 is 5.32 Å². The van der Waals surface area contributed by atoms with Gasteiger partial charge in [-0.3, -0.25) is 9.78 Å². The standard InChI is InChI=1S/C10H10N4OS/c1-7-13-14-10(16-7)12-9(15)6-8-2-4-11-5-3-8/h2-5H,6H2,1H3,(H,12,14,15). The lowest BCUT2D eigenvalue weighted by atomic mass is 10.2. The molecule has 6 heteroatoms. The number of nitrogens with zero attached hydrogens (tertiary/aromatic N) is 3. The molecule has 0 spiro atoms. The molecular weight excluding hydrogens is 224 g/mol. The van der Waals surface area contributed by atoms with Crippen LogP contribution >= 0.6 is 11.3 Å². The van der Waals surface area contributed by atoms with Crippen molar-refractivity contribution in [3.8, 4) is 0 Å². The normalized spacial score (nSPS) is 10.1. The molecule has 2 aromatic heterocycles. The van der Waals surface area contributed by atoms with Crippen LogP contribution in [0.5, 0.6) is 0 Å². The molecule has 0 aliphatic carbocycles. The van der Waals surface area contributed by atoms with Crippen LogP contribution in [0.3, 0.4) is 0 Å². The van der Waals surface area contributed by atoms with Crippen molar-refractivity contribution in [1.82, 2.24) is 15.2 Å². The fourth-order valence-electron chi connectivity index (χ4n) is 1.20. The lowest BCUT2D eigenvalue weighted by Crippen LogP contribution is -2.14. The first-order chi connectivity index (χ1) is 7.74. The molecule has 2 aromatic rings. The highest BCUT2D eigenvalue weighted by Gasteiger charge is 2.06. The van der Waals surface area contributed by atoms with Crippen LogP contribution in [0.25, 0.3) is 0 Å². The predicted molar refractivity (Wildman–Crippen MR) is 61.2 cm³/mol. The van der Waals surface area contributed by atoms with Crippen LogP contribution in [0, 0.1) is 6.92 Å². The van der Waals surface area contributed by atoms with Gasteiger partial charge in [-0.05, 0) is 24.6 Å². The van der Waals surface area contributed by atoms with Crippen molar-refractivity contribution in [1.29, 1.82) is 0 Å². The molecule has 2 rings (SSSR count). The molecule has 5 nitrogen and oxygen atoms in total. The van der Waals surface area contributed by atoms with E-state index in [1.165, 1.54) is 11.3 Å². The Morgan fingerprint density at radius 2 is 2.12 bits per heavy atom. The van der Waals surface area contributed by atoms with E-state index >= 15 is 0 Å². The number of hydrogen-bond donors (Lipinski definition) is 1. The lowest BCUT2D eigenvalue weighted by molar-refractivity contribution is -0.115. The van der Waals surface area contributed by atoms with Crippen molar-refractivity contribution in [3.63, 3.8) is 0 Å². The molecule has 1 amide bonds. The van der Waals surface area contributed by atoms with Crippen molar-refractivity contribution in [3.05, 3.63) is 35.1 Å². The minimum atomic E-state index is -0.0950. The molecule has 0 saturated carbocycles. The summed E-state index contributed by atoms with van der Waals surface area (Å²) in [5.74, 6) is -0.0950. The molecule has 0 radical (unpaired) electrons. The summed E-state index contributed by atoms with van der Waals surface area (Å²) < 4.78 is 0. The minimum absolute atomic E-state index is 0.0950. The average Bonchev–Trinajstić information content (AvgIpc) is 2.65. The topological polar surface area (TPSA) is 67.8 Å². The summed E-state index contributed by atoms with van der Waals surface area (Å²) in [5, 5.41) is 11.7. The molecule has 0 aliphatic rings. The maximum atomic E-state index is 11.6. The van der Waals surface area contributed by atoms with Crippen molar-refractivity contribution in [2.45, 2.75) is 13.3 Å². The monoisotopic (exact) mass is 234 g/mol. The highest BCUT2D eigenvalue weighted by molar-refractivity contribution is 7.15. The number of anilines is 1. The molecule has 2 heterocycles. The first-order valence-electron chi connectivity index (χ1n) is 4.73. The van der Waals surface area contributed by atoms with Crippen molar-refractivity contribution in [2.24, 2.45) is 0 Å². The Morgan fingerprint density at radius 1 is 1.38 bits per heavy atom. The summed E-state index contributed by atoms with van der Waals surface area (Å²) >= 11 is 1.36. The van der Waals surface area contributed by atoms with Gasteiger partial charge in [0.25, 0.3) is 0 Å². The van der Waals surface area contributed by atoms with E-state index in [1.54, 1.807) is 12.4 Å². The highest BCUT2D eigenvalue weighted by atomic mass is 32.1. The largest absolute Gasteiger partial charge is 0.300 e. The van der Waals surface area contributed by atoms with Crippen LogP contribution in [0.15, 0.2) is 24.5 Å². The zero-order valence-electron chi connectivity index (χ0n) is 8.67. The van der Waals surface area contributed by atoms with Gasteiger partial charge in [0.05, 0.1) is 6.42 Å². The molecule has 0 unspecified atom stereocenters. The molecule has 0 atom stereocenters. The van der Waals surface area contributed by atoms with E-state index in [1.807, 2.05) is 19.1 Å². The van der Waals surface area contributed by atoms with Crippen LogP contribution in [0.1, 0.15) is 10.6 Å². The van der Waals surface area contributed by atoms with E-state index in [-0.39, 0.29) is 5.91 Å². The number of amides is 1. The molecule has 1 N–H and O–H groups in total.